The fourth-order valence-corrected chi connectivity index (χ4v) is 3.24. The standard InChI is InChI=1S/C17H28N2/c1-12-8-9-16(11-13(12)2)15(4)19-10-6-5-7-17(19)14(3)18/h8-9,11,14-15,17H,5-7,10,18H2,1-4H3. The van der Waals surface area contributed by atoms with E-state index < -0.39 is 0 Å². The molecular weight excluding hydrogens is 232 g/mol. The number of piperidine rings is 1. The lowest BCUT2D eigenvalue weighted by Crippen LogP contribution is -2.49. The van der Waals surface area contributed by atoms with Gasteiger partial charge in [-0.3, -0.25) is 4.90 Å². The van der Waals surface area contributed by atoms with Gasteiger partial charge >= 0.3 is 0 Å². The summed E-state index contributed by atoms with van der Waals surface area (Å²) in [5, 5.41) is 0. The summed E-state index contributed by atoms with van der Waals surface area (Å²) in [5.41, 5.74) is 10.4. The number of hydrogen-bond acceptors (Lipinski definition) is 2. The van der Waals surface area contributed by atoms with Crippen LogP contribution >= 0.6 is 0 Å². The van der Waals surface area contributed by atoms with E-state index in [1.54, 1.807) is 0 Å². The van der Waals surface area contributed by atoms with E-state index in [1.165, 1.54) is 42.5 Å². The Morgan fingerprint density at radius 2 is 1.89 bits per heavy atom. The van der Waals surface area contributed by atoms with E-state index in [0.717, 1.165) is 0 Å². The van der Waals surface area contributed by atoms with Crippen LogP contribution < -0.4 is 5.73 Å². The van der Waals surface area contributed by atoms with Gasteiger partial charge in [-0.2, -0.15) is 0 Å². The molecular formula is C17H28N2. The Bertz CT molecular complexity index is 425. The number of hydrogen-bond donors (Lipinski definition) is 1. The second-order valence-corrected chi connectivity index (χ2v) is 6.18. The third-order valence-electron chi connectivity index (χ3n) is 4.71. The zero-order valence-electron chi connectivity index (χ0n) is 12.8. The van der Waals surface area contributed by atoms with Crippen molar-refractivity contribution in [2.24, 2.45) is 5.73 Å². The molecule has 0 aromatic heterocycles. The maximum absolute atomic E-state index is 6.19. The smallest absolute Gasteiger partial charge is 0.0323 e. The van der Waals surface area contributed by atoms with Crippen LogP contribution in [0.2, 0.25) is 0 Å². The summed E-state index contributed by atoms with van der Waals surface area (Å²) in [6, 6.07) is 8.12. The van der Waals surface area contributed by atoms with E-state index in [2.05, 4.69) is 50.8 Å². The van der Waals surface area contributed by atoms with Gasteiger partial charge in [-0.05, 0) is 63.8 Å². The lowest BCUT2D eigenvalue weighted by Gasteiger charge is -2.42. The van der Waals surface area contributed by atoms with Crippen molar-refractivity contribution < 1.29 is 0 Å². The molecule has 3 unspecified atom stereocenters. The largest absolute Gasteiger partial charge is 0.327 e. The topological polar surface area (TPSA) is 29.3 Å². The highest BCUT2D eigenvalue weighted by atomic mass is 15.2. The monoisotopic (exact) mass is 260 g/mol. The van der Waals surface area contributed by atoms with Gasteiger partial charge in [-0.1, -0.05) is 24.6 Å². The Morgan fingerprint density at radius 3 is 2.53 bits per heavy atom. The number of aryl methyl sites for hydroxylation is 2. The van der Waals surface area contributed by atoms with E-state index in [0.29, 0.717) is 12.1 Å². The van der Waals surface area contributed by atoms with Gasteiger partial charge < -0.3 is 5.73 Å². The molecule has 1 aliphatic rings. The van der Waals surface area contributed by atoms with E-state index in [1.807, 2.05) is 0 Å². The van der Waals surface area contributed by atoms with Crippen molar-refractivity contribution in [1.29, 1.82) is 0 Å². The molecule has 1 aromatic rings. The van der Waals surface area contributed by atoms with Gasteiger partial charge in [0.15, 0.2) is 0 Å². The maximum Gasteiger partial charge on any atom is 0.0323 e. The van der Waals surface area contributed by atoms with Crippen molar-refractivity contribution in [3.63, 3.8) is 0 Å². The first kappa shape index (κ1) is 14.5. The second kappa shape index (κ2) is 6.06. The molecule has 2 N–H and O–H groups in total. The average molecular weight is 260 g/mol. The molecule has 0 saturated carbocycles. The summed E-state index contributed by atoms with van der Waals surface area (Å²) in [4.78, 5) is 2.61. The van der Waals surface area contributed by atoms with Crippen LogP contribution in [0.25, 0.3) is 0 Å². The highest BCUT2D eigenvalue weighted by Crippen LogP contribution is 2.30. The third-order valence-corrected chi connectivity index (χ3v) is 4.71. The summed E-state index contributed by atoms with van der Waals surface area (Å²) in [7, 11) is 0. The minimum atomic E-state index is 0.259. The Hall–Kier alpha value is -0.860. The van der Waals surface area contributed by atoms with E-state index in [-0.39, 0.29) is 6.04 Å². The van der Waals surface area contributed by atoms with Crippen LogP contribution in [-0.2, 0) is 0 Å². The maximum atomic E-state index is 6.19. The molecule has 1 saturated heterocycles. The fourth-order valence-electron chi connectivity index (χ4n) is 3.24. The summed E-state index contributed by atoms with van der Waals surface area (Å²) < 4.78 is 0. The second-order valence-electron chi connectivity index (χ2n) is 6.18. The predicted molar refractivity (Wildman–Crippen MR) is 82.3 cm³/mol. The molecule has 0 spiro atoms. The van der Waals surface area contributed by atoms with Crippen LogP contribution in [-0.4, -0.2) is 23.5 Å². The van der Waals surface area contributed by atoms with Crippen molar-refractivity contribution in [2.45, 2.75) is 65.1 Å². The molecule has 2 nitrogen and oxygen atoms in total. The summed E-state index contributed by atoms with van der Waals surface area (Å²) in [6.07, 6.45) is 3.87. The Morgan fingerprint density at radius 1 is 1.16 bits per heavy atom. The third kappa shape index (κ3) is 3.18. The van der Waals surface area contributed by atoms with Crippen LogP contribution in [0, 0.1) is 13.8 Å². The molecule has 1 heterocycles. The minimum absolute atomic E-state index is 0.259. The molecule has 106 valence electrons. The molecule has 3 atom stereocenters. The summed E-state index contributed by atoms with van der Waals surface area (Å²) >= 11 is 0. The molecule has 0 bridgehead atoms. The molecule has 2 rings (SSSR count). The van der Waals surface area contributed by atoms with Gasteiger partial charge in [0.2, 0.25) is 0 Å². The highest BCUT2D eigenvalue weighted by Gasteiger charge is 2.29. The molecule has 0 radical (unpaired) electrons. The molecule has 1 fully saturated rings. The van der Waals surface area contributed by atoms with Crippen LogP contribution in [0.3, 0.4) is 0 Å². The Labute approximate surface area is 118 Å². The molecule has 1 aromatic carbocycles. The average Bonchev–Trinajstić information content (AvgIpc) is 2.41. The lowest BCUT2D eigenvalue weighted by molar-refractivity contribution is 0.0890. The summed E-state index contributed by atoms with van der Waals surface area (Å²) in [5.74, 6) is 0. The SMILES string of the molecule is Cc1ccc(C(C)N2CCCCC2C(C)N)cc1C. The van der Waals surface area contributed by atoms with E-state index >= 15 is 0 Å². The normalized spacial score (nSPS) is 24.2. The van der Waals surface area contributed by atoms with Gasteiger partial charge in [0, 0.05) is 18.1 Å². The Balaban J connectivity index is 2.20. The number of nitrogens with zero attached hydrogens (tertiary/aromatic N) is 1. The van der Waals surface area contributed by atoms with Gasteiger partial charge in [0.25, 0.3) is 0 Å². The first-order chi connectivity index (χ1) is 9.00. The van der Waals surface area contributed by atoms with Crippen LogP contribution in [0.4, 0.5) is 0 Å². The number of benzene rings is 1. The van der Waals surface area contributed by atoms with Gasteiger partial charge in [0.05, 0.1) is 0 Å². The molecule has 19 heavy (non-hydrogen) atoms. The van der Waals surface area contributed by atoms with Crippen molar-refractivity contribution in [1.82, 2.24) is 4.90 Å². The Kier molecular flexibility index (Phi) is 4.64. The molecule has 1 aliphatic heterocycles. The highest BCUT2D eigenvalue weighted by molar-refractivity contribution is 5.31. The minimum Gasteiger partial charge on any atom is -0.327 e. The van der Waals surface area contributed by atoms with Crippen molar-refractivity contribution in [3.8, 4) is 0 Å². The van der Waals surface area contributed by atoms with Crippen molar-refractivity contribution in [3.05, 3.63) is 34.9 Å². The number of rotatable bonds is 3. The molecule has 2 heteroatoms. The van der Waals surface area contributed by atoms with Crippen LogP contribution in [0.15, 0.2) is 18.2 Å². The number of nitrogens with two attached hydrogens (primary N) is 1. The predicted octanol–water partition coefficient (Wildman–Crippen LogP) is 3.57. The first-order valence-corrected chi connectivity index (χ1v) is 7.59. The van der Waals surface area contributed by atoms with Crippen LogP contribution in [0.5, 0.6) is 0 Å². The fraction of sp³-hybridized carbons (Fsp3) is 0.647. The number of likely N-dealkylation sites (tertiary alicyclic amines) is 1. The zero-order chi connectivity index (χ0) is 14.0. The van der Waals surface area contributed by atoms with Gasteiger partial charge in [-0.15, -0.1) is 0 Å². The van der Waals surface area contributed by atoms with Crippen LogP contribution in [0.1, 0.15) is 55.8 Å². The van der Waals surface area contributed by atoms with E-state index in [9.17, 15) is 0 Å². The zero-order valence-corrected chi connectivity index (χ0v) is 12.8. The summed E-state index contributed by atoms with van der Waals surface area (Å²) in [6.45, 7) is 10.0. The molecule has 0 aliphatic carbocycles. The molecule has 0 amide bonds. The van der Waals surface area contributed by atoms with Crippen molar-refractivity contribution >= 4 is 0 Å². The van der Waals surface area contributed by atoms with Crippen molar-refractivity contribution in [2.75, 3.05) is 6.54 Å². The van der Waals surface area contributed by atoms with E-state index in [4.69, 9.17) is 5.73 Å². The quantitative estimate of drug-likeness (QED) is 0.900. The first-order valence-electron chi connectivity index (χ1n) is 7.59. The van der Waals surface area contributed by atoms with Gasteiger partial charge in [0.1, 0.15) is 0 Å². The van der Waals surface area contributed by atoms with Gasteiger partial charge in [-0.25, -0.2) is 0 Å². The lowest BCUT2D eigenvalue weighted by atomic mass is 9.92.